The zero-order chi connectivity index (χ0) is 9.68. The number of rotatable bonds is 5. The van der Waals surface area contributed by atoms with E-state index in [4.69, 9.17) is 0 Å². The first-order valence-corrected chi connectivity index (χ1v) is 5.24. The summed E-state index contributed by atoms with van der Waals surface area (Å²) in [4.78, 5) is 4.37. The lowest BCUT2D eigenvalue weighted by Gasteiger charge is -2.09. The summed E-state index contributed by atoms with van der Waals surface area (Å²) in [6, 6.07) is 0. The minimum absolute atomic E-state index is 0.703. The number of hydrogen-bond donors (Lipinski definition) is 0. The summed E-state index contributed by atoms with van der Waals surface area (Å²) in [6.45, 7) is 7.79. The summed E-state index contributed by atoms with van der Waals surface area (Å²) in [5.74, 6) is 1.95. The van der Waals surface area contributed by atoms with Gasteiger partial charge in [0.25, 0.3) is 0 Å². The quantitative estimate of drug-likeness (QED) is 0.681. The van der Waals surface area contributed by atoms with Gasteiger partial charge in [0.1, 0.15) is 5.82 Å². The van der Waals surface area contributed by atoms with Crippen LogP contribution in [0.2, 0.25) is 0 Å². The van der Waals surface area contributed by atoms with Crippen LogP contribution < -0.4 is 0 Å². The van der Waals surface area contributed by atoms with Crippen LogP contribution in [-0.4, -0.2) is 9.55 Å². The Hall–Kier alpha value is -0.790. The lowest BCUT2D eigenvalue weighted by atomic mass is 10.2. The second-order valence-corrected chi connectivity index (χ2v) is 3.99. The number of imidazole rings is 1. The lowest BCUT2D eigenvalue weighted by molar-refractivity contribution is 0.503. The van der Waals surface area contributed by atoms with E-state index in [1.54, 1.807) is 0 Å². The highest BCUT2D eigenvalue weighted by molar-refractivity contribution is 4.92. The fourth-order valence-corrected chi connectivity index (χ4v) is 1.46. The molecule has 0 aliphatic carbocycles. The highest BCUT2D eigenvalue weighted by Crippen LogP contribution is 2.06. The summed E-state index contributed by atoms with van der Waals surface area (Å²) < 4.78 is 2.28. The molecular weight excluding hydrogens is 160 g/mol. The summed E-state index contributed by atoms with van der Waals surface area (Å²) >= 11 is 0. The van der Waals surface area contributed by atoms with E-state index in [1.165, 1.54) is 18.7 Å². The van der Waals surface area contributed by atoms with Crippen LogP contribution in [0.3, 0.4) is 0 Å². The van der Waals surface area contributed by atoms with E-state index in [0.717, 1.165) is 13.0 Å². The van der Waals surface area contributed by atoms with Crippen molar-refractivity contribution >= 4 is 0 Å². The second kappa shape index (κ2) is 5.05. The Labute approximate surface area is 81.0 Å². The van der Waals surface area contributed by atoms with Gasteiger partial charge >= 0.3 is 0 Å². The maximum atomic E-state index is 4.37. The summed E-state index contributed by atoms with van der Waals surface area (Å²) in [5.41, 5.74) is 0. The minimum Gasteiger partial charge on any atom is -0.335 e. The van der Waals surface area contributed by atoms with Crippen LogP contribution in [0, 0.1) is 5.92 Å². The number of unbranched alkanes of at least 4 members (excludes halogenated alkanes) is 1. The van der Waals surface area contributed by atoms with Crippen molar-refractivity contribution in [2.45, 2.75) is 46.6 Å². The highest BCUT2D eigenvalue weighted by Gasteiger charge is 2.03. The molecule has 0 fully saturated rings. The van der Waals surface area contributed by atoms with Gasteiger partial charge in [0, 0.05) is 25.4 Å². The summed E-state index contributed by atoms with van der Waals surface area (Å²) in [5, 5.41) is 0. The average molecular weight is 180 g/mol. The monoisotopic (exact) mass is 180 g/mol. The van der Waals surface area contributed by atoms with Crippen LogP contribution in [0.1, 0.15) is 39.4 Å². The van der Waals surface area contributed by atoms with E-state index in [1.807, 2.05) is 6.20 Å². The van der Waals surface area contributed by atoms with E-state index in [0.29, 0.717) is 5.92 Å². The molecule has 0 aromatic carbocycles. The number of hydrogen-bond acceptors (Lipinski definition) is 1. The molecule has 2 nitrogen and oxygen atoms in total. The van der Waals surface area contributed by atoms with Gasteiger partial charge in [-0.15, -0.1) is 0 Å². The van der Waals surface area contributed by atoms with E-state index < -0.39 is 0 Å². The molecule has 1 aromatic rings. The number of aromatic nitrogens is 2. The van der Waals surface area contributed by atoms with Gasteiger partial charge in [0.05, 0.1) is 0 Å². The molecule has 0 saturated heterocycles. The Balaban J connectivity index is 2.55. The molecule has 0 atom stereocenters. The standard InChI is InChI=1S/C11H20N2/c1-4-5-6-11-12-7-8-13(11)9-10(2)3/h7-8,10H,4-6,9H2,1-3H3. The van der Waals surface area contributed by atoms with Crippen molar-refractivity contribution in [1.29, 1.82) is 0 Å². The smallest absolute Gasteiger partial charge is 0.108 e. The lowest BCUT2D eigenvalue weighted by Crippen LogP contribution is -2.07. The van der Waals surface area contributed by atoms with Gasteiger partial charge in [-0.25, -0.2) is 4.98 Å². The topological polar surface area (TPSA) is 17.8 Å². The van der Waals surface area contributed by atoms with Gasteiger partial charge in [0.2, 0.25) is 0 Å². The predicted molar refractivity (Wildman–Crippen MR) is 55.7 cm³/mol. The normalized spacial score (nSPS) is 11.1. The number of aryl methyl sites for hydroxylation is 1. The largest absolute Gasteiger partial charge is 0.335 e. The van der Waals surface area contributed by atoms with Crippen molar-refractivity contribution in [1.82, 2.24) is 9.55 Å². The second-order valence-electron chi connectivity index (χ2n) is 3.99. The molecule has 0 bridgehead atoms. The Morgan fingerprint density at radius 3 is 2.85 bits per heavy atom. The molecule has 0 aliphatic heterocycles. The highest BCUT2D eigenvalue weighted by atomic mass is 15.1. The van der Waals surface area contributed by atoms with Crippen molar-refractivity contribution in [3.05, 3.63) is 18.2 Å². The molecule has 74 valence electrons. The third kappa shape index (κ3) is 3.21. The summed E-state index contributed by atoms with van der Waals surface area (Å²) in [7, 11) is 0. The van der Waals surface area contributed by atoms with Gasteiger partial charge in [-0.05, 0) is 12.3 Å². The van der Waals surface area contributed by atoms with E-state index in [2.05, 4.69) is 36.5 Å². The van der Waals surface area contributed by atoms with E-state index in [9.17, 15) is 0 Å². The molecule has 0 spiro atoms. The SMILES string of the molecule is CCCCc1nccn1CC(C)C. The molecule has 2 heteroatoms. The molecule has 13 heavy (non-hydrogen) atoms. The zero-order valence-corrected chi connectivity index (χ0v) is 8.95. The van der Waals surface area contributed by atoms with Gasteiger partial charge in [0.15, 0.2) is 0 Å². The molecule has 1 heterocycles. The molecule has 1 rings (SSSR count). The van der Waals surface area contributed by atoms with Crippen molar-refractivity contribution in [2.75, 3.05) is 0 Å². The maximum Gasteiger partial charge on any atom is 0.108 e. The van der Waals surface area contributed by atoms with Crippen molar-refractivity contribution < 1.29 is 0 Å². The molecular formula is C11H20N2. The van der Waals surface area contributed by atoms with Crippen LogP contribution in [0.25, 0.3) is 0 Å². The molecule has 1 aromatic heterocycles. The molecule has 0 aliphatic rings. The zero-order valence-electron chi connectivity index (χ0n) is 8.95. The van der Waals surface area contributed by atoms with Crippen LogP contribution in [0.4, 0.5) is 0 Å². The Morgan fingerprint density at radius 1 is 1.46 bits per heavy atom. The Morgan fingerprint density at radius 2 is 2.23 bits per heavy atom. The fraction of sp³-hybridized carbons (Fsp3) is 0.727. The van der Waals surface area contributed by atoms with Crippen molar-refractivity contribution in [3.63, 3.8) is 0 Å². The minimum atomic E-state index is 0.703. The Bertz CT molecular complexity index is 238. The third-order valence-electron chi connectivity index (χ3n) is 2.12. The molecule has 0 saturated carbocycles. The number of nitrogens with zero attached hydrogens (tertiary/aromatic N) is 2. The molecule has 0 N–H and O–H groups in total. The van der Waals surface area contributed by atoms with Crippen LogP contribution in [0.15, 0.2) is 12.4 Å². The van der Waals surface area contributed by atoms with Gasteiger partial charge in [-0.1, -0.05) is 27.2 Å². The first-order chi connectivity index (χ1) is 6.24. The van der Waals surface area contributed by atoms with Crippen molar-refractivity contribution in [2.24, 2.45) is 5.92 Å². The van der Waals surface area contributed by atoms with Crippen LogP contribution in [-0.2, 0) is 13.0 Å². The summed E-state index contributed by atoms with van der Waals surface area (Å²) in [6.07, 6.45) is 7.61. The van der Waals surface area contributed by atoms with E-state index >= 15 is 0 Å². The average Bonchev–Trinajstić information content (AvgIpc) is 2.48. The molecule has 0 amide bonds. The molecule has 0 radical (unpaired) electrons. The van der Waals surface area contributed by atoms with Crippen LogP contribution in [0.5, 0.6) is 0 Å². The first kappa shape index (κ1) is 10.3. The molecule has 0 unspecified atom stereocenters. The third-order valence-corrected chi connectivity index (χ3v) is 2.12. The fourth-order valence-electron chi connectivity index (χ4n) is 1.46. The maximum absolute atomic E-state index is 4.37. The van der Waals surface area contributed by atoms with Crippen LogP contribution >= 0.6 is 0 Å². The van der Waals surface area contributed by atoms with Gasteiger partial charge in [-0.3, -0.25) is 0 Å². The first-order valence-electron chi connectivity index (χ1n) is 5.24. The van der Waals surface area contributed by atoms with Gasteiger partial charge < -0.3 is 4.57 Å². The Kier molecular flexibility index (Phi) is 4.00. The predicted octanol–water partition coefficient (Wildman–Crippen LogP) is 2.88. The van der Waals surface area contributed by atoms with Crippen molar-refractivity contribution in [3.8, 4) is 0 Å². The van der Waals surface area contributed by atoms with Gasteiger partial charge in [-0.2, -0.15) is 0 Å². The van der Waals surface area contributed by atoms with E-state index in [-0.39, 0.29) is 0 Å².